The van der Waals surface area contributed by atoms with Crippen LogP contribution in [0.5, 0.6) is 11.6 Å². The Balaban J connectivity index is 1.60. The van der Waals surface area contributed by atoms with Crippen molar-refractivity contribution in [3.05, 3.63) is 99.3 Å². The number of carbonyl (C=O) groups is 1. The first-order valence-corrected chi connectivity index (χ1v) is 10.8. The topological polar surface area (TPSA) is 92.9 Å². The van der Waals surface area contributed by atoms with Crippen LogP contribution < -0.4 is 15.7 Å². The molecule has 1 heterocycles. The number of nitrogens with zero attached hydrogens (tertiary/aromatic N) is 2. The van der Waals surface area contributed by atoms with Crippen molar-refractivity contribution in [1.82, 2.24) is 9.99 Å². The van der Waals surface area contributed by atoms with Gasteiger partial charge in [0.15, 0.2) is 6.61 Å². The van der Waals surface area contributed by atoms with Crippen LogP contribution in [0, 0.1) is 20.8 Å². The van der Waals surface area contributed by atoms with E-state index in [0.29, 0.717) is 27.8 Å². The Morgan fingerprint density at radius 2 is 1.62 bits per heavy atom. The van der Waals surface area contributed by atoms with Crippen molar-refractivity contribution < 1.29 is 14.6 Å². The number of fused-ring (bicyclic) bond motifs is 1. The van der Waals surface area contributed by atoms with E-state index in [1.807, 2.05) is 51.1 Å². The van der Waals surface area contributed by atoms with Crippen molar-refractivity contribution >= 4 is 22.9 Å². The van der Waals surface area contributed by atoms with Crippen LogP contribution in [0.4, 0.5) is 0 Å². The molecular weight excluding hydrogens is 430 g/mol. The number of benzene rings is 3. The average molecular weight is 456 g/mol. The average Bonchev–Trinajstić information content (AvgIpc) is 2.80. The fraction of sp³-hybridized carbons (Fsp3) is 0.148. The van der Waals surface area contributed by atoms with Crippen molar-refractivity contribution in [1.29, 1.82) is 0 Å². The van der Waals surface area contributed by atoms with E-state index in [0.717, 1.165) is 16.7 Å². The first-order chi connectivity index (χ1) is 16.3. The molecule has 0 unspecified atom stereocenters. The van der Waals surface area contributed by atoms with Gasteiger partial charge >= 0.3 is 0 Å². The molecule has 0 saturated heterocycles. The van der Waals surface area contributed by atoms with Crippen molar-refractivity contribution in [2.45, 2.75) is 20.8 Å². The van der Waals surface area contributed by atoms with Gasteiger partial charge in [0.1, 0.15) is 5.75 Å². The minimum Gasteiger partial charge on any atom is -0.494 e. The quantitative estimate of drug-likeness (QED) is 0.337. The summed E-state index contributed by atoms with van der Waals surface area (Å²) >= 11 is 0. The van der Waals surface area contributed by atoms with Gasteiger partial charge in [0.2, 0.25) is 5.88 Å². The van der Waals surface area contributed by atoms with Gasteiger partial charge < -0.3 is 9.84 Å². The molecule has 0 aliphatic carbocycles. The van der Waals surface area contributed by atoms with Crippen LogP contribution in [0.25, 0.3) is 16.5 Å². The molecule has 1 aromatic heterocycles. The maximum atomic E-state index is 13.1. The Morgan fingerprint density at radius 3 is 2.29 bits per heavy atom. The zero-order chi connectivity index (χ0) is 24.2. The lowest BCUT2D eigenvalue weighted by atomic mass is 10.1. The highest BCUT2D eigenvalue weighted by Gasteiger charge is 2.16. The number of hydrogen-bond donors (Lipinski definition) is 2. The van der Waals surface area contributed by atoms with Crippen molar-refractivity contribution in [2.75, 3.05) is 6.61 Å². The highest BCUT2D eigenvalue weighted by molar-refractivity contribution is 6.02. The zero-order valence-electron chi connectivity index (χ0n) is 19.2. The van der Waals surface area contributed by atoms with E-state index >= 15 is 0 Å². The van der Waals surface area contributed by atoms with Gasteiger partial charge in [-0.2, -0.15) is 5.10 Å². The Morgan fingerprint density at radius 1 is 0.971 bits per heavy atom. The van der Waals surface area contributed by atoms with Crippen LogP contribution in [-0.2, 0) is 4.79 Å². The van der Waals surface area contributed by atoms with E-state index in [4.69, 9.17) is 4.74 Å². The Labute approximate surface area is 196 Å². The normalized spacial score (nSPS) is 11.1. The molecule has 0 saturated carbocycles. The fourth-order valence-corrected chi connectivity index (χ4v) is 3.79. The second kappa shape index (κ2) is 9.62. The summed E-state index contributed by atoms with van der Waals surface area (Å²) in [5.41, 5.74) is 6.02. The summed E-state index contributed by atoms with van der Waals surface area (Å²) in [6, 6.07) is 19.9. The van der Waals surface area contributed by atoms with E-state index in [2.05, 4.69) is 10.5 Å². The molecular formula is C27H25N3O4. The van der Waals surface area contributed by atoms with Gasteiger partial charge in [0, 0.05) is 10.8 Å². The van der Waals surface area contributed by atoms with Gasteiger partial charge in [-0.1, -0.05) is 42.0 Å². The lowest BCUT2D eigenvalue weighted by Crippen LogP contribution is -2.25. The Kier molecular flexibility index (Phi) is 6.45. The van der Waals surface area contributed by atoms with E-state index in [-0.39, 0.29) is 18.0 Å². The summed E-state index contributed by atoms with van der Waals surface area (Å²) in [4.78, 5) is 25.3. The third kappa shape index (κ3) is 4.83. The Hall–Kier alpha value is -4.39. The van der Waals surface area contributed by atoms with Crippen molar-refractivity contribution in [3.8, 4) is 17.3 Å². The molecule has 0 bridgehead atoms. The first kappa shape index (κ1) is 22.8. The molecule has 7 heteroatoms. The summed E-state index contributed by atoms with van der Waals surface area (Å²) in [7, 11) is 0. The van der Waals surface area contributed by atoms with Crippen LogP contribution in [0.2, 0.25) is 0 Å². The maximum Gasteiger partial charge on any atom is 0.277 e. The van der Waals surface area contributed by atoms with E-state index in [9.17, 15) is 14.7 Å². The third-order valence-corrected chi connectivity index (χ3v) is 5.34. The predicted molar refractivity (Wildman–Crippen MR) is 133 cm³/mol. The molecule has 34 heavy (non-hydrogen) atoms. The van der Waals surface area contributed by atoms with Crippen molar-refractivity contribution in [3.63, 3.8) is 0 Å². The smallest absolute Gasteiger partial charge is 0.277 e. The molecule has 0 atom stereocenters. The SMILES string of the molecule is Cc1ccc(-n2c(O)c(C=NNC(=O)COc3cc(C)cc(C)c3)c3ccccc3c2=O)cc1. The van der Waals surface area contributed by atoms with Crippen LogP contribution in [0.3, 0.4) is 0 Å². The summed E-state index contributed by atoms with van der Waals surface area (Å²) < 4.78 is 6.78. The van der Waals surface area contributed by atoms with Gasteiger partial charge in [-0.05, 0) is 62.2 Å². The highest BCUT2D eigenvalue weighted by Crippen LogP contribution is 2.26. The van der Waals surface area contributed by atoms with Gasteiger partial charge in [0.05, 0.1) is 17.5 Å². The molecule has 0 spiro atoms. The van der Waals surface area contributed by atoms with Crippen LogP contribution in [0.15, 0.2) is 76.6 Å². The van der Waals surface area contributed by atoms with Gasteiger partial charge in [-0.3, -0.25) is 9.59 Å². The number of nitrogens with one attached hydrogen (secondary N) is 1. The molecule has 0 aliphatic heterocycles. The molecule has 4 aromatic rings. The molecule has 172 valence electrons. The van der Waals surface area contributed by atoms with E-state index in [1.54, 1.807) is 36.4 Å². The first-order valence-electron chi connectivity index (χ1n) is 10.8. The van der Waals surface area contributed by atoms with Crippen LogP contribution >= 0.6 is 0 Å². The third-order valence-electron chi connectivity index (χ3n) is 5.34. The summed E-state index contributed by atoms with van der Waals surface area (Å²) in [5, 5.41) is 15.9. The highest BCUT2D eigenvalue weighted by atomic mass is 16.5. The predicted octanol–water partition coefficient (Wildman–Crippen LogP) is 4.15. The van der Waals surface area contributed by atoms with E-state index < -0.39 is 5.91 Å². The second-order valence-corrected chi connectivity index (χ2v) is 8.16. The zero-order valence-corrected chi connectivity index (χ0v) is 19.2. The van der Waals surface area contributed by atoms with Crippen molar-refractivity contribution in [2.24, 2.45) is 5.10 Å². The monoisotopic (exact) mass is 455 g/mol. The van der Waals surface area contributed by atoms with Gasteiger partial charge in [0.25, 0.3) is 11.5 Å². The summed E-state index contributed by atoms with van der Waals surface area (Å²) in [5.74, 6) is -0.117. The Bertz CT molecular complexity index is 1430. The number of rotatable bonds is 6. The van der Waals surface area contributed by atoms with Crippen LogP contribution in [-0.4, -0.2) is 28.4 Å². The summed E-state index contributed by atoms with van der Waals surface area (Å²) in [6.45, 7) is 5.64. The minimum absolute atomic E-state index is 0.212. The second-order valence-electron chi connectivity index (χ2n) is 8.16. The molecule has 3 aromatic carbocycles. The van der Waals surface area contributed by atoms with Crippen LogP contribution in [0.1, 0.15) is 22.3 Å². The van der Waals surface area contributed by atoms with Gasteiger partial charge in [-0.25, -0.2) is 9.99 Å². The molecule has 7 nitrogen and oxygen atoms in total. The molecule has 2 N–H and O–H groups in total. The lowest BCUT2D eigenvalue weighted by Gasteiger charge is -2.14. The minimum atomic E-state index is -0.453. The number of carbonyl (C=O) groups excluding carboxylic acids is 1. The fourth-order valence-electron chi connectivity index (χ4n) is 3.79. The number of amides is 1. The summed E-state index contributed by atoms with van der Waals surface area (Å²) in [6.07, 6.45) is 1.33. The number of aromatic hydroxyl groups is 1. The lowest BCUT2D eigenvalue weighted by molar-refractivity contribution is -0.123. The number of hydrogen-bond acceptors (Lipinski definition) is 5. The number of ether oxygens (including phenoxy) is 1. The number of aromatic nitrogens is 1. The number of pyridine rings is 1. The van der Waals surface area contributed by atoms with Gasteiger partial charge in [-0.15, -0.1) is 0 Å². The molecule has 1 amide bonds. The standard InChI is InChI=1S/C27H25N3O4/c1-17-8-10-20(11-9-17)30-26(32)23-7-5-4-6-22(23)24(27(30)33)15-28-29-25(31)16-34-21-13-18(2)12-19(3)14-21/h4-15,33H,16H2,1-3H3,(H,29,31). The van der Waals surface area contributed by atoms with E-state index in [1.165, 1.54) is 10.8 Å². The number of hydrazone groups is 1. The molecule has 0 aliphatic rings. The molecule has 0 radical (unpaired) electrons. The maximum absolute atomic E-state index is 13.1. The molecule has 0 fully saturated rings. The molecule has 4 rings (SSSR count). The largest absolute Gasteiger partial charge is 0.494 e. The number of aryl methyl sites for hydroxylation is 3.